The third kappa shape index (κ3) is 9.86. The predicted octanol–water partition coefficient (Wildman–Crippen LogP) is 17.9. The Morgan fingerprint density at radius 3 is 1.93 bits per heavy atom. The molecule has 2 aromatic heterocycles. The summed E-state index contributed by atoms with van der Waals surface area (Å²) in [7, 11) is 0. The molecule has 0 unspecified atom stereocenters. The van der Waals surface area contributed by atoms with Crippen molar-refractivity contribution < 1.29 is 42.6 Å². The van der Waals surface area contributed by atoms with E-state index in [1.807, 2.05) is 109 Å². The Kier molecular flexibility index (Phi) is 10.3. The molecule has 0 fully saturated rings. The topological polar surface area (TPSA) is 50.9 Å². The number of rotatable bonds is 10. The molecule has 0 saturated heterocycles. The van der Waals surface area contributed by atoms with Crippen molar-refractivity contribution in [3.8, 4) is 78.6 Å². The average molecular weight is 1110 g/mol. The van der Waals surface area contributed by atoms with E-state index in [4.69, 9.17) is 22.3 Å². The number of phenolic OH excluding ortho intramolecular Hbond substituents is 1. The number of aromatic hydroxyl groups is 1. The van der Waals surface area contributed by atoms with Crippen molar-refractivity contribution in [2.75, 3.05) is 0 Å². The Morgan fingerprint density at radius 2 is 1.24 bits per heavy atom. The maximum absolute atomic E-state index is 12.5. The van der Waals surface area contributed by atoms with Crippen molar-refractivity contribution in [2.24, 2.45) is 0 Å². The molecule has 70 heavy (non-hydrogen) atoms. The summed E-state index contributed by atoms with van der Waals surface area (Å²) in [4.78, 5) is 10.3. The summed E-state index contributed by atoms with van der Waals surface area (Å²) >= 11 is 0. The van der Waals surface area contributed by atoms with Crippen molar-refractivity contribution in [1.82, 2.24) is 14.5 Å². The van der Waals surface area contributed by atoms with Crippen LogP contribution in [0.15, 0.2) is 158 Å². The van der Waals surface area contributed by atoms with E-state index in [2.05, 4.69) is 45.0 Å². The summed E-state index contributed by atoms with van der Waals surface area (Å²) in [6.07, 6.45) is 1.62. The van der Waals surface area contributed by atoms with E-state index < -0.39 is 43.7 Å². The van der Waals surface area contributed by atoms with Gasteiger partial charge in [-0.25, -0.2) is 4.98 Å². The van der Waals surface area contributed by atoms with Crippen LogP contribution < -0.4 is 0 Å². The molecule has 0 aliphatic rings. The number of pyridine rings is 1. The van der Waals surface area contributed by atoms with Crippen LogP contribution in [0.1, 0.15) is 145 Å². The molecule has 0 amide bonds. The summed E-state index contributed by atoms with van der Waals surface area (Å²) in [5.41, 5.74) is 8.71. The van der Waals surface area contributed by atoms with Crippen LogP contribution in [0.4, 0.5) is 0 Å². The molecule has 5 heteroatoms. The maximum Gasteiger partial charge on any atom is 0.148 e. The number of hydrogen-bond donors (Lipinski definition) is 1. The van der Waals surface area contributed by atoms with Gasteiger partial charge >= 0.3 is 0 Å². The zero-order valence-electron chi connectivity index (χ0n) is 53.1. The summed E-state index contributed by atoms with van der Waals surface area (Å²) in [5.74, 6) is -3.25. The molecule has 9 aromatic rings. The molecule has 7 aromatic carbocycles. The molecule has 0 aliphatic carbocycles. The zero-order chi connectivity index (χ0) is 59.2. The van der Waals surface area contributed by atoms with Crippen LogP contribution in [0, 0.1) is 6.07 Å². The van der Waals surface area contributed by atoms with Crippen LogP contribution in [0.5, 0.6) is 5.75 Å². The molecule has 1 N–H and O–H groups in total. The molecule has 0 bridgehead atoms. The van der Waals surface area contributed by atoms with Gasteiger partial charge in [-0.1, -0.05) is 209 Å². The first kappa shape index (κ1) is 36.6. The third-order valence-electron chi connectivity index (χ3n) is 12.9. The molecule has 9 rings (SSSR count). The van der Waals surface area contributed by atoms with Gasteiger partial charge in [0.1, 0.15) is 11.6 Å². The first-order valence-electron chi connectivity index (χ1n) is 29.4. The number of fused-ring (bicyclic) bond motifs is 1. The van der Waals surface area contributed by atoms with E-state index in [9.17, 15) is 9.22 Å². The van der Waals surface area contributed by atoms with Crippen LogP contribution in [-0.2, 0) is 31.9 Å². The minimum Gasteiger partial charge on any atom is -0.507 e. The van der Waals surface area contributed by atoms with E-state index in [1.165, 1.54) is 24.3 Å². The fourth-order valence-electron chi connectivity index (χ4n) is 9.25. The number of benzene rings is 7. The van der Waals surface area contributed by atoms with Crippen LogP contribution in [0.25, 0.3) is 83.9 Å². The Morgan fingerprint density at radius 1 is 0.571 bits per heavy atom. The molecule has 0 saturated carbocycles. The van der Waals surface area contributed by atoms with Gasteiger partial charge in [0, 0.05) is 55.1 Å². The van der Waals surface area contributed by atoms with E-state index in [1.54, 1.807) is 52.1 Å². The largest absolute Gasteiger partial charge is 0.507 e. The molecule has 0 aliphatic heterocycles. The minimum atomic E-state index is -3.40. The molecular formula is C65H66N3OPt-. The van der Waals surface area contributed by atoms with Crippen LogP contribution in [-0.4, -0.2) is 19.6 Å². The number of nitrogens with zero attached hydrogens (tertiary/aromatic N) is 3. The fourth-order valence-corrected chi connectivity index (χ4v) is 9.25. The Hall–Kier alpha value is -6.35. The quantitative estimate of drug-likeness (QED) is 0.139. The van der Waals surface area contributed by atoms with Gasteiger partial charge in [0.25, 0.3) is 0 Å². The second-order valence-electron chi connectivity index (χ2n) is 19.7. The Labute approximate surface area is 448 Å². The third-order valence-corrected chi connectivity index (χ3v) is 12.9. The standard InChI is InChI=1S/C65H66N3O.Pt/c1-40(2)46-36-56(42(5)6)62(69)57(37-46)63-67-61-52(22-18-24-60(61)68(63)51-29-30-53(55(39-51)41(3)4)54-21-16-17-23-58(54)65(10,11)12)48-33-47(43-19-14-13-15-20-43)34-49(35-48)59-38-45(31-32-66-59)44-25-27-50(28-26-44)64(7,8)9;/h13-34,36-42,69H,1-12H3;/q-1;/i7D3,8D3,9D3,40D,41D,42D;. The van der Waals surface area contributed by atoms with E-state index in [0.29, 0.717) is 72.7 Å². The molecule has 4 nitrogen and oxygen atoms in total. The Bertz CT molecular complexity index is 3800. The second kappa shape index (κ2) is 19.8. The zero-order valence-corrected chi connectivity index (χ0v) is 43.4. The second-order valence-corrected chi connectivity index (χ2v) is 19.7. The monoisotopic (exact) mass is 1110 g/mol. The van der Waals surface area contributed by atoms with Gasteiger partial charge < -0.3 is 5.11 Å². The summed E-state index contributed by atoms with van der Waals surface area (Å²) in [6, 6.07) is 50.5. The first-order valence-corrected chi connectivity index (χ1v) is 23.4. The van der Waals surface area contributed by atoms with Crippen molar-refractivity contribution in [2.45, 2.75) is 111 Å². The van der Waals surface area contributed by atoms with E-state index in [-0.39, 0.29) is 37.8 Å². The number of hydrogen-bond acceptors (Lipinski definition) is 3. The maximum atomic E-state index is 12.5. The number of phenols is 1. The van der Waals surface area contributed by atoms with Crippen LogP contribution >= 0.6 is 0 Å². The van der Waals surface area contributed by atoms with Crippen LogP contribution in [0.2, 0.25) is 0 Å². The molecule has 0 spiro atoms. The predicted molar refractivity (Wildman–Crippen MR) is 292 cm³/mol. The smallest absolute Gasteiger partial charge is 0.148 e. The Balaban J connectivity index is 0.00000880. The van der Waals surface area contributed by atoms with Gasteiger partial charge in [0.2, 0.25) is 0 Å². The average Bonchev–Trinajstić information content (AvgIpc) is 3.38. The molecular weight excluding hydrogens is 1030 g/mol. The van der Waals surface area contributed by atoms with E-state index in [0.717, 1.165) is 33.4 Å². The summed E-state index contributed by atoms with van der Waals surface area (Å²) in [5, 5.41) is 12.5. The number of aromatic nitrogens is 3. The van der Waals surface area contributed by atoms with E-state index >= 15 is 0 Å². The minimum absolute atomic E-state index is 0. The van der Waals surface area contributed by atoms with Crippen molar-refractivity contribution in [3.63, 3.8) is 0 Å². The van der Waals surface area contributed by atoms with Crippen molar-refractivity contribution in [1.29, 1.82) is 0 Å². The van der Waals surface area contributed by atoms with Gasteiger partial charge in [-0.15, -0.1) is 23.8 Å². The number of imidazole rings is 1. The van der Waals surface area contributed by atoms with Gasteiger partial charge in [-0.3, -0.25) is 9.55 Å². The normalized spacial score (nSPS) is 15.6. The molecule has 358 valence electrons. The fraction of sp³-hybridized carbons (Fsp3) is 0.262. The van der Waals surface area contributed by atoms with Gasteiger partial charge in [0.05, 0.1) is 16.6 Å². The SMILES string of the molecule is [2H]C(C)(C)c1cc(-c2nc3c(-c4[c-]c(-c5cc(-c6ccc(C(C([2H])([2H])[2H])(C([2H])([2H])[2H])C([2H])([2H])[2H])cc6)ccn5)cc(-c5ccccc5)c4)cccc3n2-c2ccc(-c3ccccc3C(C)(C)C)c(C([2H])(C)C)c2)c(O)c(C([2H])(C)C)c1.[Pt]. The molecule has 0 radical (unpaired) electrons. The summed E-state index contributed by atoms with van der Waals surface area (Å²) in [6.45, 7) is 7.02. The van der Waals surface area contributed by atoms with Crippen molar-refractivity contribution in [3.05, 3.63) is 192 Å². The molecule has 0 atom stereocenters. The molecule has 2 heterocycles. The van der Waals surface area contributed by atoms with Gasteiger partial charge in [-0.2, -0.15) is 0 Å². The summed E-state index contributed by atoms with van der Waals surface area (Å²) < 4.78 is 104. The van der Waals surface area contributed by atoms with Crippen LogP contribution in [0.3, 0.4) is 0 Å². The van der Waals surface area contributed by atoms with Gasteiger partial charge in [-0.05, 0) is 114 Å². The van der Waals surface area contributed by atoms with Crippen molar-refractivity contribution >= 4 is 11.0 Å². The number of para-hydroxylation sites is 1. The van der Waals surface area contributed by atoms with Gasteiger partial charge in [0.15, 0.2) is 0 Å². The first-order chi connectivity index (χ1) is 37.5.